The van der Waals surface area contributed by atoms with Gasteiger partial charge in [-0.2, -0.15) is 0 Å². The zero-order chi connectivity index (χ0) is 14.5. The van der Waals surface area contributed by atoms with Gasteiger partial charge in [-0.25, -0.2) is 8.78 Å². The fraction of sp³-hybridized carbons (Fsp3) is 0.500. The van der Waals surface area contributed by atoms with Gasteiger partial charge in [-0.3, -0.25) is 9.69 Å². The van der Waals surface area contributed by atoms with E-state index >= 15 is 0 Å². The first kappa shape index (κ1) is 14.9. The molecule has 1 heterocycles. The molecule has 1 saturated heterocycles. The summed E-state index contributed by atoms with van der Waals surface area (Å²) in [5.41, 5.74) is -0.373. The van der Waals surface area contributed by atoms with Gasteiger partial charge in [-0.1, -0.05) is 6.07 Å². The highest BCUT2D eigenvalue weighted by Crippen LogP contribution is 2.19. The van der Waals surface area contributed by atoms with E-state index in [0.29, 0.717) is 6.04 Å². The van der Waals surface area contributed by atoms with Crippen LogP contribution in [0.2, 0.25) is 0 Å². The summed E-state index contributed by atoms with van der Waals surface area (Å²) in [6.45, 7) is 1.79. The van der Waals surface area contributed by atoms with E-state index in [0.717, 1.165) is 38.1 Å². The fourth-order valence-electron chi connectivity index (χ4n) is 2.55. The minimum atomic E-state index is -0.758. The monoisotopic (exact) mass is 283 g/mol. The van der Waals surface area contributed by atoms with Gasteiger partial charge in [0.1, 0.15) is 17.3 Å². The van der Waals surface area contributed by atoms with E-state index in [9.17, 15) is 13.6 Å². The van der Waals surface area contributed by atoms with Gasteiger partial charge in [0.05, 0.1) is 6.54 Å². The zero-order valence-corrected chi connectivity index (χ0v) is 11.5. The minimum Gasteiger partial charge on any atom is -0.320 e. The molecule has 0 aliphatic carbocycles. The molecule has 1 fully saturated rings. The van der Waals surface area contributed by atoms with E-state index < -0.39 is 17.5 Å². The largest absolute Gasteiger partial charge is 0.320 e. The van der Waals surface area contributed by atoms with Crippen LogP contribution in [0.4, 0.5) is 14.5 Å². The van der Waals surface area contributed by atoms with Crippen molar-refractivity contribution in [2.45, 2.75) is 18.9 Å². The van der Waals surface area contributed by atoms with Crippen molar-refractivity contribution in [3.63, 3.8) is 0 Å². The summed E-state index contributed by atoms with van der Waals surface area (Å²) < 4.78 is 26.9. The average Bonchev–Trinajstić information content (AvgIpc) is 2.82. The van der Waals surface area contributed by atoms with Crippen molar-refractivity contribution >= 4 is 11.6 Å². The smallest absolute Gasteiger partial charge is 0.238 e. The summed E-state index contributed by atoms with van der Waals surface area (Å²) in [5.74, 6) is -1.91. The maximum Gasteiger partial charge on any atom is 0.238 e. The van der Waals surface area contributed by atoms with Gasteiger partial charge in [0.25, 0.3) is 0 Å². The van der Waals surface area contributed by atoms with Crippen molar-refractivity contribution in [3.05, 3.63) is 29.8 Å². The van der Waals surface area contributed by atoms with Gasteiger partial charge >= 0.3 is 0 Å². The number of carbonyl (C=O) groups excluding carboxylic acids is 1. The quantitative estimate of drug-likeness (QED) is 0.862. The topological polar surface area (TPSA) is 44.4 Å². The number of likely N-dealkylation sites (tertiary alicyclic amines) is 1. The molecule has 0 aromatic heterocycles. The van der Waals surface area contributed by atoms with Crippen molar-refractivity contribution in [2.75, 3.05) is 32.0 Å². The van der Waals surface area contributed by atoms with E-state index in [-0.39, 0.29) is 12.2 Å². The third-order valence-corrected chi connectivity index (χ3v) is 3.51. The Balaban J connectivity index is 1.95. The fourth-order valence-corrected chi connectivity index (χ4v) is 2.55. The third kappa shape index (κ3) is 3.52. The predicted octanol–water partition coefficient (Wildman–Crippen LogP) is 1.59. The van der Waals surface area contributed by atoms with Gasteiger partial charge in [-0.15, -0.1) is 0 Å². The number of amides is 1. The molecule has 0 saturated carbocycles. The molecule has 0 radical (unpaired) electrons. The minimum absolute atomic E-state index is 0.153. The first-order valence-electron chi connectivity index (χ1n) is 6.74. The van der Waals surface area contributed by atoms with Crippen LogP contribution >= 0.6 is 0 Å². The number of hydrogen-bond acceptors (Lipinski definition) is 3. The highest BCUT2D eigenvalue weighted by molar-refractivity contribution is 5.92. The first-order chi connectivity index (χ1) is 9.61. The number of para-hydroxylation sites is 1. The number of hydrogen-bond donors (Lipinski definition) is 2. The number of benzene rings is 1. The maximum atomic E-state index is 13.4. The van der Waals surface area contributed by atoms with Crippen LogP contribution in [0.1, 0.15) is 12.8 Å². The summed E-state index contributed by atoms with van der Waals surface area (Å²) in [7, 11) is 1.87. The number of anilines is 1. The Bertz CT molecular complexity index is 461. The third-order valence-electron chi connectivity index (χ3n) is 3.51. The normalized spacial score (nSPS) is 19.2. The second kappa shape index (κ2) is 6.76. The van der Waals surface area contributed by atoms with Gasteiger partial charge in [-0.05, 0) is 38.6 Å². The van der Waals surface area contributed by atoms with Gasteiger partial charge in [0, 0.05) is 12.6 Å². The van der Waals surface area contributed by atoms with Crippen LogP contribution in [0.5, 0.6) is 0 Å². The van der Waals surface area contributed by atoms with Crippen LogP contribution < -0.4 is 10.6 Å². The van der Waals surface area contributed by atoms with Gasteiger partial charge < -0.3 is 10.6 Å². The van der Waals surface area contributed by atoms with E-state index in [4.69, 9.17) is 0 Å². The lowest BCUT2D eigenvalue weighted by Gasteiger charge is -2.23. The Morgan fingerprint density at radius 1 is 1.40 bits per heavy atom. The van der Waals surface area contributed by atoms with Crippen LogP contribution in [-0.2, 0) is 4.79 Å². The average molecular weight is 283 g/mol. The van der Waals surface area contributed by atoms with E-state index in [2.05, 4.69) is 10.6 Å². The summed E-state index contributed by atoms with van der Waals surface area (Å²) in [6, 6.07) is 3.82. The summed E-state index contributed by atoms with van der Waals surface area (Å²) in [4.78, 5) is 13.9. The molecule has 1 aliphatic rings. The summed E-state index contributed by atoms with van der Waals surface area (Å²) in [5, 5.41) is 5.40. The molecule has 6 heteroatoms. The Hall–Kier alpha value is -1.53. The van der Waals surface area contributed by atoms with Crippen molar-refractivity contribution in [1.82, 2.24) is 10.2 Å². The Morgan fingerprint density at radius 3 is 2.75 bits per heavy atom. The number of halogens is 2. The zero-order valence-electron chi connectivity index (χ0n) is 11.5. The molecule has 2 N–H and O–H groups in total. The second-order valence-electron chi connectivity index (χ2n) is 4.97. The second-order valence-corrected chi connectivity index (χ2v) is 4.97. The Kier molecular flexibility index (Phi) is 5.03. The molecule has 20 heavy (non-hydrogen) atoms. The highest BCUT2D eigenvalue weighted by atomic mass is 19.1. The van der Waals surface area contributed by atoms with Crippen molar-refractivity contribution in [3.8, 4) is 0 Å². The molecule has 1 unspecified atom stereocenters. The predicted molar refractivity (Wildman–Crippen MR) is 73.5 cm³/mol. The van der Waals surface area contributed by atoms with E-state index in [1.807, 2.05) is 11.9 Å². The van der Waals surface area contributed by atoms with Crippen LogP contribution in [0.25, 0.3) is 0 Å². The standard InChI is InChI=1S/C14H19F2N3O/c1-17-8-10-4-3-7-19(10)9-13(20)18-14-11(15)5-2-6-12(14)16/h2,5-6,10,17H,3-4,7-9H2,1H3,(H,18,20). The van der Waals surface area contributed by atoms with Crippen LogP contribution in [-0.4, -0.2) is 43.5 Å². The first-order valence-corrected chi connectivity index (χ1v) is 6.74. The molecular weight excluding hydrogens is 264 g/mol. The Morgan fingerprint density at radius 2 is 2.10 bits per heavy atom. The number of likely N-dealkylation sites (N-methyl/N-ethyl adjacent to an activating group) is 1. The van der Waals surface area contributed by atoms with Gasteiger partial charge in [0.15, 0.2) is 0 Å². The molecule has 1 aliphatic heterocycles. The SMILES string of the molecule is CNCC1CCCN1CC(=O)Nc1c(F)cccc1F. The molecule has 2 rings (SSSR count). The van der Waals surface area contributed by atoms with Crippen LogP contribution in [0, 0.1) is 11.6 Å². The molecule has 1 atom stereocenters. The van der Waals surface area contributed by atoms with Crippen LogP contribution in [0.15, 0.2) is 18.2 Å². The summed E-state index contributed by atoms with van der Waals surface area (Å²) in [6.07, 6.45) is 2.07. The van der Waals surface area contributed by atoms with Crippen molar-refractivity contribution < 1.29 is 13.6 Å². The maximum absolute atomic E-state index is 13.4. The molecule has 1 aromatic rings. The molecule has 1 amide bonds. The van der Waals surface area contributed by atoms with E-state index in [1.54, 1.807) is 0 Å². The molecular formula is C14H19F2N3O. The molecule has 4 nitrogen and oxygen atoms in total. The van der Waals surface area contributed by atoms with E-state index in [1.165, 1.54) is 6.07 Å². The van der Waals surface area contributed by atoms with Crippen molar-refractivity contribution in [1.29, 1.82) is 0 Å². The molecule has 0 spiro atoms. The molecule has 0 bridgehead atoms. The highest BCUT2D eigenvalue weighted by Gasteiger charge is 2.26. The number of nitrogens with one attached hydrogen (secondary N) is 2. The number of rotatable bonds is 5. The number of nitrogens with zero attached hydrogens (tertiary/aromatic N) is 1. The van der Waals surface area contributed by atoms with Gasteiger partial charge in [0.2, 0.25) is 5.91 Å². The lowest BCUT2D eigenvalue weighted by molar-refractivity contribution is -0.117. The summed E-state index contributed by atoms with van der Waals surface area (Å²) >= 11 is 0. The lowest BCUT2D eigenvalue weighted by Crippen LogP contribution is -2.41. The molecule has 110 valence electrons. The van der Waals surface area contributed by atoms with Crippen molar-refractivity contribution in [2.24, 2.45) is 0 Å². The molecule has 1 aromatic carbocycles. The lowest BCUT2D eigenvalue weighted by atomic mass is 10.2. The van der Waals surface area contributed by atoms with Crippen LogP contribution in [0.3, 0.4) is 0 Å². The number of carbonyl (C=O) groups is 1. The Labute approximate surface area is 117 Å².